The molecule has 0 bridgehead atoms. The SMILES string of the molecule is O=C(O)N1C=CN=C(CO)C1. The minimum Gasteiger partial charge on any atom is -0.465 e. The Morgan fingerprint density at radius 3 is 3.09 bits per heavy atom. The molecule has 0 aromatic carbocycles. The molecule has 0 saturated heterocycles. The molecule has 5 nitrogen and oxygen atoms in total. The van der Waals surface area contributed by atoms with Crippen LogP contribution in [0.5, 0.6) is 0 Å². The molecule has 2 N–H and O–H groups in total. The van der Waals surface area contributed by atoms with E-state index in [1.807, 2.05) is 0 Å². The van der Waals surface area contributed by atoms with Crippen LogP contribution >= 0.6 is 0 Å². The zero-order valence-electron chi connectivity index (χ0n) is 5.77. The van der Waals surface area contributed by atoms with Crippen molar-refractivity contribution in [2.45, 2.75) is 0 Å². The Morgan fingerprint density at radius 2 is 2.55 bits per heavy atom. The van der Waals surface area contributed by atoms with Crippen LogP contribution in [0.3, 0.4) is 0 Å². The molecule has 1 aliphatic rings. The summed E-state index contributed by atoms with van der Waals surface area (Å²) in [6, 6.07) is 0. The van der Waals surface area contributed by atoms with Gasteiger partial charge in [0.05, 0.1) is 18.9 Å². The number of rotatable bonds is 1. The van der Waals surface area contributed by atoms with Gasteiger partial charge in [-0.1, -0.05) is 0 Å². The van der Waals surface area contributed by atoms with Crippen LogP contribution in [0.4, 0.5) is 4.79 Å². The molecule has 0 aromatic heterocycles. The first kappa shape index (κ1) is 7.74. The third-order valence-corrected chi connectivity index (χ3v) is 1.28. The van der Waals surface area contributed by atoms with Gasteiger partial charge >= 0.3 is 6.09 Å². The van der Waals surface area contributed by atoms with Gasteiger partial charge in [-0.05, 0) is 0 Å². The quantitative estimate of drug-likeness (QED) is 0.556. The summed E-state index contributed by atoms with van der Waals surface area (Å²) >= 11 is 0. The average Bonchev–Trinajstić information content (AvgIpc) is 2.05. The van der Waals surface area contributed by atoms with E-state index >= 15 is 0 Å². The van der Waals surface area contributed by atoms with E-state index in [1.54, 1.807) is 0 Å². The van der Waals surface area contributed by atoms with Crippen LogP contribution in [0.1, 0.15) is 0 Å². The highest BCUT2D eigenvalue weighted by Crippen LogP contribution is 1.99. The van der Waals surface area contributed by atoms with Gasteiger partial charge in [0.1, 0.15) is 0 Å². The molecule has 60 valence electrons. The van der Waals surface area contributed by atoms with Crippen molar-refractivity contribution in [3.05, 3.63) is 12.4 Å². The third-order valence-electron chi connectivity index (χ3n) is 1.28. The summed E-state index contributed by atoms with van der Waals surface area (Å²) in [5, 5.41) is 17.1. The van der Waals surface area contributed by atoms with Crippen molar-refractivity contribution in [1.82, 2.24) is 4.90 Å². The van der Waals surface area contributed by atoms with Gasteiger partial charge < -0.3 is 10.2 Å². The van der Waals surface area contributed by atoms with Gasteiger partial charge in [0.25, 0.3) is 0 Å². The van der Waals surface area contributed by atoms with Crippen molar-refractivity contribution in [3.8, 4) is 0 Å². The summed E-state index contributed by atoms with van der Waals surface area (Å²) < 4.78 is 0. The highest BCUT2D eigenvalue weighted by Gasteiger charge is 2.13. The van der Waals surface area contributed by atoms with Gasteiger partial charge in [-0.15, -0.1) is 0 Å². The molecular formula is C6H8N2O3. The van der Waals surface area contributed by atoms with E-state index in [4.69, 9.17) is 10.2 Å². The van der Waals surface area contributed by atoms with Crippen LogP contribution in [0, 0.1) is 0 Å². The maximum atomic E-state index is 10.4. The van der Waals surface area contributed by atoms with E-state index in [-0.39, 0.29) is 13.2 Å². The van der Waals surface area contributed by atoms with Gasteiger partial charge in [0.2, 0.25) is 0 Å². The highest BCUT2D eigenvalue weighted by atomic mass is 16.4. The number of hydrogen-bond acceptors (Lipinski definition) is 3. The fourth-order valence-corrected chi connectivity index (χ4v) is 0.732. The van der Waals surface area contributed by atoms with E-state index in [9.17, 15) is 4.79 Å². The summed E-state index contributed by atoms with van der Waals surface area (Å²) in [5.74, 6) is 0. The van der Waals surface area contributed by atoms with Crippen molar-refractivity contribution in [2.75, 3.05) is 13.2 Å². The van der Waals surface area contributed by atoms with E-state index < -0.39 is 6.09 Å². The molecule has 0 fully saturated rings. The molecule has 0 aliphatic carbocycles. The van der Waals surface area contributed by atoms with Crippen molar-refractivity contribution in [3.63, 3.8) is 0 Å². The van der Waals surface area contributed by atoms with Crippen LogP contribution in [0.15, 0.2) is 17.4 Å². The summed E-state index contributed by atoms with van der Waals surface area (Å²) in [6.07, 6.45) is 1.66. The fourth-order valence-electron chi connectivity index (χ4n) is 0.732. The lowest BCUT2D eigenvalue weighted by Crippen LogP contribution is -2.33. The zero-order valence-corrected chi connectivity index (χ0v) is 5.77. The number of aliphatic imine (C=N–C) groups is 1. The Labute approximate surface area is 63.3 Å². The van der Waals surface area contributed by atoms with Crippen molar-refractivity contribution >= 4 is 11.8 Å². The Morgan fingerprint density at radius 1 is 1.82 bits per heavy atom. The zero-order chi connectivity index (χ0) is 8.27. The second-order valence-electron chi connectivity index (χ2n) is 2.06. The first-order valence-electron chi connectivity index (χ1n) is 3.06. The lowest BCUT2D eigenvalue weighted by atomic mass is 10.3. The second kappa shape index (κ2) is 3.16. The summed E-state index contributed by atoms with van der Waals surface area (Å²) in [5.41, 5.74) is 0.454. The van der Waals surface area contributed by atoms with Gasteiger partial charge in [0.15, 0.2) is 0 Å². The maximum Gasteiger partial charge on any atom is 0.411 e. The topological polar surface area (TPSA) is 73.1 Å². The number of hydrogen-bond donors (Lipinski definition) is 2. The number of aliphatic hydroxyl groups is 1. The number of nitrogens with zero attached hydrogens (tertiary/aromatic N) is 2. The second-order valence-corrected chi connectivity index (χ2v) is 2.06. The highest BCUT2D eigenvalue weighted by molar-refractivity contribution is 5.91. The van der Waals surface area contributed by atoms with Gasteiger partial charge in [0, 0.05) is 12.4 Å². The maximum absolute atomic E-state index is 10.4. The minimum absolute atomic E-state index is 0.155. The molecule has 1 amide bonds. The summed E-state index contributed by atoms with van der Waals surface area (Å²) in [7, 11) is 0. The number of aliphatic hydroxyl groups excluding tert-OH is 1. The Bertz CT molecular complexity index is 222. The molecule has 11 heavy (non-hydrogen) atoms. The lowest BCUT2D eigenvalue weighted by Gasteiger charge is -2.16. The summed E-state index contributed by atoms with van der Waals surface area (Å²) in [6.45, 7) is -0.0452. The standard InChI is InChI=1S/C6H8N2O3/c9-4-5-3-8(6(10)11)2-1-7-5/h1-2,9H,3-4H2,(H,10,11). The molecule has 0 atom stereocenters. The van der Waals surface area contributed by atoms with Crippen LogP contribution < -0.4 is 0 Å². The van der Waals surface area contributed by atoms with Gasteiger partial charge in [-0.25, -0.2) is 4.79 Å². The third kappa shape index (κ3) is 1.78. The first-order chi connectivity index (χ1) is 5.24. The number of carboxylic acid groups (broad SMARTS) is 1. The Hall–Kier alpha value is -1.36. The number of amides is 1. The molecule has 0 aromatic rings. The van der Waals surface area contributed by atoms with Crippen molar-refractivity contribution < 1.29 is 15.0 Å². The van der Waals surface area contributed by atoms with Crippen molar-refractivity contribution in [1.29, 1.82) is 0 Å². The molecule has 1 heterocycles. The Balaban J connectivity index is 2.62. The van der Waals surface area contributed by atoms with Crippen LogP contribution in [0.2, 0.25) is 0 Å². The monoisotopic (exact) mass is 156 g/mol. The predicted molar refractivity (Wildman–Crippen MR) is 38.4 cm³/mol. The lowest BCUT2D eigenvalue weighted by molar-refractivity contribution is 0.166. The van der Waals surface area contributed by atoms with Gasteiger partial charge in [-0.2, -0.15) is 0 Å². The van der Waals surface area contributed by atoms with E-state index in [2.05, 4.69) is 4.99 Å². The smallest absolute Gasteiger partial charge is 0.411 e. The van der Waals surface area contributed by atoms with Crippen molar-refractivity contribution in [2.24, 2.45) is 4.99 Å². The molecular weight excluding hydrogens is 148 g/mol. The molecule has 0 saturated carbocycles. The normalized spacial score (nSPS) is 16.5. The molecule has 0 unspecified atom stereocenters. The largest absolute Gasteiger partial charge is 0.465 e. The van der Waals surface area contributed by atoms with E-state index in [0.717, 1.165) is 4.90 Å². The van der Waals surface area contributed by atoms with Crippen LogP contribution in [-0.4, -0.2) is 40.1 Å². The fraction of sp³-hybridized carbons (Fsp3) is 0.333. The average molecular weight is 156 g/mol. The Kier molecular flexibility index (Phi) is 2.22. The molecule has 5 heteroatoms. The van der Waals surface area contributed by atoms with E-state index in [1.165, 1.54) is 12.4 Å². The van der Waals surface area contributed by atoms with Gasteiger partial charge in [-0.3, -0.25) is 9.89 Å². The molecule has 0 radical (unpaired) electrons. The predicted octanol–water partition coefficient (Wildman–Crippen LogP) is -0.115. The van der Waals surface area contributed by atoms with E-state index in [0.29, 0.717) is 5.71 Å². The molecule has 1 rings (SSSR count). The summed E-state index contributed by atoms with van der Waals surface area (Å²) in [4.78, 5) is 15.2. The minimum atomic E-state index is -1.04. The number of carbonyl (C=O) groups is 1. The van der Waals surface area contributed by atoms with Crippen LogP contribution in [0.25, 0.3) is 0 Å². The van der Waals surface area contributed by atoms with Crippen LogP contribution in [-0.2, 0) is 0 Å². The first-order valence-corrected chi connectivity index (χ1v) is 3.06. The molecule has 0 spiro atoms. The molecule has 1 aliphatic heterocycles.